The normalized spacial score (nSPS) is 20.9. The number of nitrogens with zero attached hydrogens (tertiary/aromatic N) is 1. The van der Waals surface area contributed by atoms with Crippen LogP contribution in [0.5, 0.6) is 0 Å². The Bertz CT molecular complexity index is 1150. The summed E-state index contributed by atoms with van der Waals surface area (Å²) in [7, 11) is -1.74. The van der Waals surface area contributed by atoms with Crippen molar-refractivity contribution in [2.45, 2.75) is 68.0 Å². The van der Waals surface area contributed by atoms with E-state index in [2.05, 4.69) is 21.1 Å². The molecule has 0 spiro atoms. The molecule has 2 aromatic carbocycles. The topological polar surface area (TPSA) is 99.7 Å². The third-order valence-corrected chi connectivity index (χ3v) is 8.71. The second-order valence-electron chi connectivity index (χ2n) is 9.38. The van der Waals surface area contributed by atoms with E-state index in [0.29, 0.717) is 0 Å². The average Bonchev–Trinajstić information content (AvgIpc) is 3.14. The van der Waals surface area contributed by atoms with E-state index < -0.39 is 22.1 Å². The van der Waals surface area contributed by atoms with Crippen LogP contribution in [0.25, 0.3) is 0 Å². The predicted molar refractivity (Wildman–Crippen MR) is 124 cm³/mol. The van der Waals surface area contributed by atoms with Crippen molar-refractivity contribution in [1.82, 2.24) is 5.32 Å². The molecule has 5 rings (SSSR count). The lowest BCUT2D eigenvalue weighted by atomic mass is 9.96. The molecular formula is C24H31FN4O2S. The monoisotopic (exact) mass is 458 g/mol. The summed E-state index contributed by atoms with van der Waals surface area (Å²) in [6.45, 7) is 0.766. The number of rotatable bonds is 7. The second-order valence-corrected chi connectivity index (χ2v) is 11.2. The van der Waals surface area contributed by atoms with Gasteiger partial charge in [0.1, 0.15) is 15.7 Å². The number of aryl methyl sites for hydroxylation is 2. The number of likely N-dealkylation sites (N-methyl/N-ethyl adjacent to an activating group) is 1. The number of hydrogen-bond acceptors (Lipinski definition) is 5. The molecule has 2 aromatic rings. The number of fused-ring (bicyclic) bond motifs is 2. The highest BCUT2D eigenvalue weighted by atomic mass is 32.2. The van der Waals surface area contributed by atoms with Gasteiger partial charge in [-0.05, 0) is 98.4 Å². The third kappa shape index (κ3) is 3.83. The maximum atomic E-state index is 14.9. The van der Waals surface area contributed by atoms with Crippen molar-refractivity contribution in [3.05, 3.63) is 57.9 Å². The molecule has 3 aliphatic carbocycles. The molecule has 1 fully saturated rings. The van der Waals surface area contributed by atoms with Crippen molar-refractivity contribution in [3.8, 4) is 0 Å². The van der Waals surface area contributed by atoms with Gasteiger partial charge in [0.25, 0.3) is 0 Å². The molecule has 0 heterocycles. The summed E-state index contributed by atoms with van der Waals surface area (Å²) in [6, 6.07) is 6.94. The molecule has 3 aliphatic rings. The summed E-state index contributed by atoms with van der Waals surface area (Å²) in [5, 5.41) is 22.8. The fraction of sp³-hybridized carbons (Fsp3) is 0.500. The van der Waals surface area contributed by atoms with Gasteiger partial charge in [0.15, 0.2) is 0 Å². The summed E-state index contributed by atoms with van der Waals surface area (Å²) >= 11 is 0. The molecular weight excluding hydrogens is 427 g/mol. The Morgan fingerprint density at radius 1 is 1.16 bits per heavy atom. The zero-order valence-electron chi connectivity index (χ0n) is 18.4. The first-order valence-corrected chi connectivity index (χ1v) is 13.0. The highest BCUT2D eigenvalue weighted by Gasteiger charge is 2.44. The maximum absolute atomic E-state index is 14.9. The van der Waals surface area contributed by atoms with E-state index in [9.17, 15) is 13.7 Å². The van der Waals surface area contributed by atoms with Gasteiger partial charge in [-0.2, -0.15) is 4.36 Å². The molecule has 32 heavy (non-hydrogen) atoms. The van der Waals surface area contributed by atoms with Crippen molar-refractivity contribution in [2.24, 2.45) is 9.50 Å². The van der Waals surface area contributed by atoms with Gasteiger partial charge >= 0.3 is 0 Å². The Labute approximate surface area is 189 Å². The van der Waals surface area contributed by atoms with E-state index in [0.717, 1.165) is 69.2 Å². The number of nitrogens with one attached hydrogen (secondary N) is 2. The molecule has 0 bridgehead atoms. The second kappa shape index (κ2) is 8.09. The molecule has 0 radical (unpaired) electrons. The van der Waals surface area contributed by atoms with Gasteiger partial charge in [0.05, 0.1) is 4.90 Å². The molecule has 172 valence electrons. The Kier molecular flexibility index (Phi) is 5.52. The fourth-order valence-corrected chi connectivity index (χ4v) is 6.54. The standard InChI is InChI=1S/C24H31FN4O2S/c1-27-14-24(10-11-24)17-8-9-21(20(25)13-17)32(26,31)29-23(30)28-22-18-6-2-4-15(18)12-16-5-3-7-19(16)22/h8-9,12-13,23,27-28,30H,2-7,10-11,14H2,1H3,(H2,26,29,31). The van der Waals surface area contributed by atoms with Crippen LogP contribution in [0.15, 0.2) is 33.5 Å². The molecule has 2 atom stereocenters. The lowest BCUT2D eigenvalue weighted by molar-refractivity contribution is 0.215. The number of hydrogen-bond donors (Lipinski definition) is 4. The van der Waals surface area contributed by atoms with E-state index in [4.69, 9.17) is 5.14 Å². The molecule has 8 heteroatoms. The van der Waals surface area contributed by atoms with Crippen LogP contribution < -0.4 is 15.8 Å². The van der Waals surface area contributed by atoms with E-state index in [1.54, 1.807) is 6.07 Å². The minimum absolute atomic E-state index is 0.0596. The lowest BCUT2D eigenvalue weighted by Crippen LogP contribution is -2.25. The number of nitrogens with two attached hydrogens (primary N) is 1. The number of benzene rings is 2. The largest absolute Gasteiger partial charge is 0.355 e. The Morgan fingerprint density at radius 3 is 2.38 bits per heavy atom. The predicted octanol–water partition coefficient (Wildman–Crippen LogP) is 3.14. The lowest BCUT2D eigenvalue weighted by Gasteiger charge is -2.20. The number of anilines is 1. The number of aliphatic hydroxyl groups is 1. The van der Waals surface area contributed by atoms with E-state index in [-0.39, 0.29) is 10.3 Å². The van der Waals surface area contributed by atoms with Gasteiger partial charge in [0, 0.05) is 17.6 Å². The number of halogens is 1. The van der Waals surface area contributed by atoms with Crippen LogP contribution in [0.1, 0.15) is 53.5 Å². The number of aliphatic hydroxyl groups excluding tert-OH is 1. The first-order chi connectivity index (χ1) is 15.3. The van der Waals surface area contributed by atoms with Crippen LogP contribution in [0, 0.1) is 5.82 Å². The van der Waals surface area contributed by atoms with Crippen LogP contribution in [0.3, 0.4) is 0 Å². The molecule has 6 nitrogen and oxygen atoms in total. The van der Waals surface area contributed by atoms with Crippen molar-refractivity contribution >= 4 is 15.6 Å². The zero-order valence-corrected chi connectivity index (χ0v) is 19.2. The molecule has 0 saturated heterocycles. The Morgan fingerprint density at radius 2 is 1.81 bits per heavy atom. The van der Waals surface area contributed by atoms with Gasteiger partial charge in [-0.1, -0.05) is 12.1 Å². The first-order valence-electron chi connectivity index (χ1n) is 11.4. The molecule has 0 aromatic heterocycles. The maximum Gasteiger partial charge on any atom is 0.233 e. The smallest absolute Gasteiger partial charge is 0.233 e. The summed E-state index contributed by atoms with van der Waals surface area (Å²) in [5.74, 6) is -0.644. The minimum atomic E-state index is -3.62. The van der Waals surface area contributed by atoms with Gasteiger partial charge in [-0.15, -0.1) is 0 Å². The summed E-state index contributed by atoms with van der Waals surface area (Å²) < 4.78 is 32.0. The quantitative estimate of drug-likeness (QED) is 0.479. The van der Waals surface area contributed by atoms with Crippen molar-refractivity contribution in [3.63, 3.8) is 0 Å². The highest BCUT2D eigenvalue weighted by Crippen LogP contribution is 2.48. The van der Waals surface area contributed by atoms with Crippen molar-refractivity contribution < 1.29 is 13.7 Å². The molecule has 5 N–H and O–H groups in total. The minimum Gasteiger partial charge on any atom is -0.355 e. The van der Waals surface area contributed by atoms with Crippen molar-refractivity contribution in [2.75, 3.05) is 18.9 Å². The Hall–Kier alpha value is -2.00. The third-order valence-electron chi connectivity index (χ3n) is 7.23. The summed E-state index contributed by atoms with van der Waals surface area (Å²) in [5.41, 5.74) is 6.75. The van der Waals surface area contributed by atoms with E-state index >= 15 is 0 Å². The van der Waals surface area contributed by atoms with Crippen LogP contribution in [-0.2, 0) is 41.0 Å². The highest BCUT2D eigenvalue weighted by molar-refractivity contribution is 7.91. The molecule has 1 saturated carbocycles. The van der Waals surface area contributed by atoms with Crippen molar-refractivity contribution in [1.29, 1.82) is 0 Å². The fourth-order valence-electron chi connectivity index (χ4n) is 5.48. The van der Waals surface area contributed by atoms with E-state index in [1.165, 1.54) is 34.4 Å². The van der Waals surface area contributed by atoms with Crippen LogP contribution in [0.4, 0.5) is 10.1 Å². The molecule has 0 amide bonds. The molecule has 2 unspecified atom stereocenters. The SMILES string of the molecule is CNCC1(c2ccc(S(N)(=O)=NC(O)Nc3c4c(cc5c3CCC5)CCC4)c(F)c2)CC1. The molecule has 0 aliphatic heterocycles. The van der Waals surface area contributed by atoms with Gasteiger partial charge in [-0.25, -0.2) is 13.7 Å². The Balaban J connectivity index is 1.43. The first kappa shape index (κ1) is 21.8. The summed E-state index contributed by atoms with van der Waals surface area (Å²) in [6.07, 6.45) is 6.62. The van der Waals surface area contributed by atoms with Crippen LogP contribution in [0.2, 0.25) is 0 Å². The van der Waals surface area contributed by atoms with Crippen LogP contribution in [-0.4, -0.2) is 29.3 Å². The van der Waals surface area contributed by atoms with Crippen LogP contribution >= 0.6 is 0 Å². The zero-order chi connectivity index (χ0) is 22.5. The van der Waals surface area contributed by atoms with Gasteiger partial charge in [0.2, 0.25) is 6.35 Å². The average molecular weight is 459 g/mol. The van der Waals surface area contributed by atoms with Gasteiger partial charge in [-0.3, -0.25) is 0 Å². The van der Waals surface area contributed by atoms with Gasteiger partial charge < -0.3 is 15.7 Å². The summed E-state index contributed by atoms with van der Waals surface area (Å²) in [4.78, 5) is -0.175. The van der Waals surface area contributed by atoms with E-state index in [1.807, 2.05) is 7.05 Å².